The highest BCUT2D eigenvalue weighted by Gasteiger charge is 2.31. The highest BCUT2D eigenvalue weighted by molar-refractivity contribution is 5.87. The number of rotatable bonds is 27. The summed E-state index contributed by atoms with van der Waals surface area (Å²) in [5, 5.41) is 53.6. The lowest BCUT2D eigenvalue weighted by Gasteiger charge is -2.37. The molecule has 4 atom stereocenters. The minimum absolute atomic E-state index is 0.0224. The first-order valence-corrected chi connectivity index (χ1v) is 15.8. The van der Waals surface area contributed by atoms with Gasteiger partial charge in [0, 0.05) is 71.2 Å². The van der Waals surface area contributed by atoms with E-state index >= 15 is 0 Å². The molecule has 0 aliphatic rings. The Balaban J connectivity index is -0.00000192. The van der Waals surface area contributed by atoms with Gasteiger partial charge in [-0.25, -0.2) is 9.59 Å². The number of esters is 2. The van der Waals surface area contributed by atoms with Crippen molar-refractivity contribution in [3.8, 4) is 0 Å². The Kier molecular flexibility index (Phi) is 32.6. The van der Waals surface area contributed by atoms with Crippen molar-refractivity contribution in [2.75, 3.05) is 86.5 Å². The molecule has 0 bridgehead atoms. The van der Waals surface area contributed by atoms with Gasteiger partial charge in [0.1, 0.15) is 38.0 Å². The van der Waals surface area contributed by atoms with Gasteiger partial charge in [0.05, 0.1) is 31.0 Å². The first kappa shape index (κ1) is 51.2. The van der Waals surface area contributed by atoms with E-state index < -0.39 is 41.9 Å². The molecular formula is C34H62N4O12. The third kappa shape index (κ3) is 32.1. The zero-order valence-corrected chi connectivity index (χ0v) is 30.6. The lowest BCUT2D eigenvalue weighted by atomic mass is 9.97. The molecule has 0 amide bonds. The van der Waals surface area contributed by atoms with Gasteiger partial charge in [0.25, 0.3) is 0 Å². The Morgan fingerprint density at radius 3 is 1.14 bits per heavy atom. The molecule has 0 aromatic heterocycles. The molecule has 0 rings (SSSR count). The number of allylic oxidation sites excluding steroid dienone is 2. The summed E-state index contributed by atoms with van der Waals surface area (Å²) in [6.07, 6.45) is -2.12. The number of nitrogens with one attached hydrogen (secondary N) is 4. The third-order valence-corrected chi connectivity index (χ3v) is 5.87. The predicted molar refractivity (Wildman–Crippen MR) is 190 cm³/mol. The number of hydrogen-bond acceptors (Lipinski definition) is 16. The molecule has 0 spiro atoms. The van der Waals surface area contributed by atoms with Crippen molar-refractivity contribution in [2.45, 2.75) is 57.6 Å². The van der Waals surface area contributed by atoms with Gasteiger partial charge >= 0.3 is 11.9 Å². The highest BCUT2D eigenvalue weighted by Crippen LogP contribution is 2.05. The van der Waals surface area contributed by atoms with Gasteiger partial charge in [0.15, 0.2) is 0 Å². The fourth-order valence-corrected chi connectivity index (χ4v) is 3.35. The van der Waals surface area contributed by atoms with Crippen LogP contribution in [0.5, 0.6) is 0 Å². The van der Waals surface area contributed by atoms with Crippen LogP contribution in [-0.2, 0) is 38.1 Å². The summed E-state index contributed by atoms with van der Waals surface area (Å²) in [6.45, 7) is 21.0. The second-order valence-corrected chi connectivity index (χ2v) is 11.8. The van der Waals surface area contributed by atoms with E-state index in [1.54, 1.807) is 13.8 Å². The Bertz CT molecular complexity index is 988. The number of β-amino-alcohol motifs (C(OH)–C–C–N with tert-alkyl or cyclic N) is 1. The molecule has 16 nitrogen and oxygen atoms in total. The molecule has 16 heteroatoms. The maximum absolute atomic E-state index is 11.7. The first-order valence-electron chi connectivity index (χ1n) is 15.8. The lowest BCUT2D eigenvalue weighted by molar-refractivity contribution is -0.142. The molecule has 290 valence electrons. The molecule has 0 saturated carbocycles. The molecule has 0 aliphatic carbocycles. The molecule has 0 aromatic rings. The fourth-order valence-electron chi connectivity index (χ4n) is 3.35. The van der Waals surface area contributed by atoms with Gasteiger partial charge in [-0.1, -0.05) is 26.3 Å². The van der Waals surface area contributed by atoms with E-state index in [-0.39, 0.29) is 83.4 Å². The summed E-state index contributed by atoms with van der Waals surface area (Å²) in [5.41, 5.74) is 0.741. The number of carbonyl (C=O) groups excluding carboxylic acids is 4. The SMILES string of the molecule is C=C(C)C(=O)OCC(O)CNCC(CNCC(O)COC)(CNCC(O)COC)NCC(O)COC(=O)C(=C)C.C=C(C)C=O.C=C(C)C=O. The van der Waals surface area contributed by atoms with Crippen molar-refractivity contribution in [1.82, 2.24) is 21.3 Å². The van der Waals surface area contributed by atoms with E-state index in [1.807, 2.05) is 0 Å². The molecule has 4 unspecified atom stereocenters. The normalized spacial score (nSPS) is 14.0. The van der Waals surface area contributed by atoms with Crippen molar-refractivity contribution in [3.05, 3.63) is 48.6 Å². The number of ether oxygens (including phenoxy) is 4. The Hall–Kier alpha value is -3.16. The van der Waals surface area contributed by atoms with Gasteiger partial charge in [-0.2, -0.15) is 0 Å². The minimum Gasteiger partial charge on any atom is -0.460 e. The van der Waals surface area contributed by atoms with Gasteiger partial charge < -0.3 is 60.6 Å². The number of aldehydes is 2. The summed E-state index contributed by atoms with van der Waals surface area (Å²) >= 11 is 0. The summed E-state index contributed by atoms with van der Waals surface area (Å²) in [7, 11) is 2.96. The molecular weight excluding hydrogens is 656 g/mol. The third-order valence-electron chi connectivity index (χ3n) is 5.87. The van der Waals surface area contributed by atoms with Gasteiger partial charge in [-0.3, -0.25) is 9.59 Å². The molecule has 50 heavy (non-hydrogen) atoms. The van der Waals surface area contributed by atoms with Crippen LogP contribution in [0.3, 0.4) is 0 Å². The second-order valence-electron chi connectivity index (χ2n) is 11.8. The quantitative estimate of drug-likeness (QED) is 0.0277. The van der Waals surface area contributed by atoms with Crippen LogP contribution in [-0.4, -0.2) is 161 Å². The smallest absolute Gasteiger partial charge is 0.333 e. The van der Waals surface area contributed by atoms with Crippen LogP contribution in [0.1, 0.15) is 27.7 Å². The van der Waals surface area contributed by atoms with Crippen LogP contribution >= 0.6 is 0 Å². The van der Waals surface area contributed by atoms with E-state index in [1.165, 1.54) is 28.1 Å². The van der Waals surface area contributed by atoms with E-state index in [0.29, 0.717) is 11.1 Å². The Morgan fingerprint density at radius 2 is 0.880 bits per heavy atom. The van der Waals surface area contributed by atoms with Crippen molar-refractivity contribution < 1.29 is 58.6 Å². The highest BCUT2D eigenvalue weighted by atomic mass is 16.5. The predicted octanol–water partition coefficient (Wildman–Crippen LogP) is -1.42. The number of aliphatic hydroxyl groups is 4. The Labute approximate surface area is 297 Å². The molecule has 0 saturated heterocycles. The molecule has 0 aliphatic heterocycles. The van der Waals surface area contributed by atoms with Crippen LogP contribution < -0.4 is 21.3 Å². The molecule has 8 N–H and O–H groups in total. The van der Waals surface area contributed by atoms with Crippen LogP contribution in [0, 0.1) is 0 Å². The van der Waals surface area contributed by atoms with Crippen molar-refractivity contribution in [3.63, 3.8) is 0 Å². The van der Waals surface area contributed by atoms with E-state index in [2.05, 4.69) is 47.6 Å². The number of carbonyl (C=O) groups is 4. The fraction of sp³-hybridized carbons (Fsp3) is 0.647. The standard InChI is InChI=1S/C26H50N4O10.2C4H6O/c1-18(2)24(35)39-13-22(33)9-29-17-26(15-27-7-20(31)11-37-5,16-28-8-21(32)12-38-6)30-10-23(34)14-40-25(36)19(3)4;2*1-4(2)3-5/h20-23,27-34H,1,3,7-17H2,2,4-6H3;2*3H,1H2,2H3. The second kappa shape index (κ2) is 31.8. The molecule has 0 fully saturated rings. The largest absolute Gasteiger partial charge is 0.460 e. The molecule has 0 radical (unpaired) electrons. The Morgan fingerprint density at radius 1 is 0.600 bits per heavy atom. The van der Waals surface area contributed by atoms with Crippen molar-refractivity contribution in [2.24, 2.45) is 0 Å². The monoisotopic (exact) mass is 718 g/mol. The van der Waals surface area contributed by atoms with E-state index in [4.69, 9.17) is 18.9 Å². The topological polar surface area (TPSA) is 234 Å². The lowest BCUT2D eigenvalue weighted by Crippen LogP contribution is -2.65. The number of hydrogen-bond donors (Lipinski definition) is 8. The number of aliphatic hydroxyl groups excluding tert-OH is 4. The number of methoxy groups -OCH3 is 2. The summed E-state index contributed by atoms with van der Waals surface area (Å²) in [6, 6.07) is 0. The average Bonchev–Trinajstić information content (AvgIpc) is 3.05. The van der Waals surface area contributed by atoms with Gasteiger partial charge in [-0.05, 0) is 38.8 Å². The van der Waals surface area contributed by atoms with Crippen LogP contribution in [0.4, 0.5) is 0 Å². The van der Waals surface area contributed by atoms with E-state index in [9.17, 15) is 39.6 Å². The maximum atomic E-state index is 11.7. The van der Waals surface area contributed by atoms with Crippen LogP contribution in [0.2, 0.25) is 0 Å². The van der Waals surface area contributed by atoms with Gasteiger partial charge in [-0.15, -0.1) is 0 Å². The zero-order chi connectivity index (χ0) is 39.1. The first-order chi connectivity index (χ1) is 23.4. The molecule has 0 aromatic carbocycles. The van der Waals surface area contributed by atoms with Crippen molar-refractivity contribution in [1.29, 1.82) is 0 Å². The summed E-state index contributed by atoms with van der Waals surface area (Å²) in [5.74, 6) is -1.22. The van der Waals surface area contributed by atoms with Gasteiger partial charge in [0.2, 0.25) is 0 Å². The average molecular weight is 719 g/mol. The van der Waals surface area contributed by atoms with E-state index in [0.717, 1.165) is 12.6 Å². The van der Waals surface area contributed by atoms with Crippen molar-refractivity contribution >= 4 is 24.5 Å². The maximum Gasteiger partial charge on any atom is 0.333 e. The molecule has 0 heterocycles. The minimum atomic E-state index is -1.05. The zero-order valence-electron chi connectivity index (χ0n) is 30.6. The summed E-state index contributed by atoms with van der Waals surface area (Å²) in [4.78, 5) is 42.1. The van der Waals surface area contributed by atoms with Crippen LogP contribution in [0.25, 0.3) is 0 Å². The summed E-state index contributed by atoms with van der Waals surface area (Å²) < 4.78 is 20.0. The van der Waals surface area contributed by atoms with Crippen LogP contribution in [0.15, 0.2) is 48.6 Å².